The standard InChI is InChI=1S/C21H23Cl2N3O4/c1-2-9-26(12-20(28)25-18-11-15(22)5-8-17(18)23)21(29)13-30-16-6-3-14(4-7-16)10-19(24)27/h3-8,11H,2,9-10,12-13H2,1H3,(H2,24,27)(H,25,28). The molecule has 2 rings (SSSR count). The molecule has 0 radical (unpaired) electrons. The maximum absolute atomic E-state index is 12.5. The molecule has 0 saturated carbocycles. The number of primary amides is 1. The number of hydrogen-bond acceptors (Lipinski definition) is 4. The van der Waals surface area contributed by atoms with Crippen molar-refractivity contribution in [1.29, 1.82) is 0 Å². The summed E-state index contributed by atoms with van der Waals surface area (Å²) in [6.07, 6.45) is 0.813. The average molecular weight is 452 g/mol. The minimum absolute atomic E-state index is 0.134. The summed E-state index contributed by atoms with van der Waals surface area (Å²) in [7, 11) is 0. The first-order chi connectivity index (χ1) is 14.3. The molecule has 0 fully saturated rings. The molecule has 0 unspecified atom stereocenters. The molecule has 2 aromatic carbocycles. The smallest absolute Gasteiger partial charge is 0.260 e. The third-order valence-electron chi connectivity index (χ3n) is 4.05. The van der Waals surface area contributed by atoms with Crippen molar-refractivity contribution in [3.8, 4) is 5.75 Å². The van der Waals surface area contributed by atoms with E-state index in [1.807, 2.05) is 6.92 Å². The molecule has 30 heavy (non-hydrogen) atoms. The molecule has 3 amide bonds. The van der Waals surface area contributed by atoms with E-state index in [1.165, 1.54) is 4.90 Å². The number of benzene rings is 2. The van der Waals surface area contributed by atoms with E-state index in [0.29, 0.717) is 34.4 Å². The Kier molecular flexibility index (Phi) is 8.95. The number of nitrogens with one attached hydrogen (secondary N) is 1. The van der Waals surface area contributed by atoms with Gasteiger partial charge in [-0.15, -0.1) is 0 Å². The summed E-state index contributed by atoms with van der Waals surface area (Å²) in [5.74, 6) is -0.670. The van der Waals surface area contributed by atoms with Crippen molar-refractivity contribution < 1.29 is 19.1 Å². The number of carbonyl (C=O) groups excluding carboxylic acids is 3. The highest BCUT2D eigenvalue weighted by Gasteiger charge is 2.18. The van der Waals surface area contributed by atoms with Crippen LogP contribution in [0.3, 0.4) is 0 Å². The lowest BCUT2D eigenvalue weighted by Crippen LogP contribution is -2.41. The van der Waals surface area contributed by atoms with Gasteiger partial charge in [0, 0.05) is 11.6 Å². The lowest BCUT2D eigenvalue weighted by molar-refractivity contribution is -0.136. The molecule has 0 atom stereocenters. The van der Waals surface area contributed by atoms with Gasteiger partial charge < -0.3 is 20.7 Å². The molecule has 0 spiro atoms. The third-order valence-corrected chi connectivity index (χ3v) is 4.61. The normalized spacial score (nSPS) is 10.4. The second-order valence-corrected chi connectivity index (χ2v) is 7.41. The van der Waals surface area contributed by atoms with E-state index < -0.39 is 11.8 Å². The Bertz CT molecular complexity index is 904. The van der Waals surface area contributed by atoms with Gasteiger partial charge in [-0.2, -0.15) is 0 Å². The van der Waals surface area contributed by atoms with E-state index in [2.05, 4.69) is 5.32 Å². The molecule has 7 nitrogen and oxygen atoms in total. The number of nitrogens with zero attached hydrogens (tertiary/aromatic N) is 1. The second-order valence-electron chi connectivity index (χ2n) is 6.56. The molecule has 0 saturated heterocycles. The van der Waals surface area contributed by atoms with Crippen molar-refractivity contribution in [2.75, 3.05) is 25.0 Å². The van der Waals surface area contributed by atoms with E-state index in [4.69, 9.17) is 33.7 Å². The Hall–Kier alpha value is -2.77. The zero-order valence-corrected chi connectivity index (χ0v) is 18.0. The van der Waals surface area contributed by atoms with E-state index >= 15 is 0 Å². The lowest BCUT2D eigenvalue weighted by Gasteiger charge is -2.22. The van der Waals surface area contributed by atoms with Crippen molar-refractivity contribution in [2.24, 2.45) is 5.73 Å². The summed E-state index contributed by atoms with van der Waals surface area (Å²) in [6.45, 7) is 1.94. The molecular weight excluding hydrogens is 429 g/mol. The van der Waals surface area contributed by atoms with Gasteiger partial charge in [0.1, 0.15) is 5.75 Å². The summed E-state index contributed by atoms with van der Waals surface area (Å²) < 4.78 is 5.51. The average Bonchev–Trinajstić information content (AvgIpc) is 2.69. The molecule has 0 aliphatic rings. The van der Waals surface area contributed by atoms with Crippen molar-refractivity contribution in [1.82, 2.24) is 4.90 Å². The Labute approximate surface area is 185 Å². The predicted octanol–water partition coefficient (Wildman–Crippen LogP) is 3.28. The van der Waals surface area contributed by atoms with Crippen LogP contribution >= 0.6 is 23.2 Å². The zero-order chi connectivity index (χ0) is 22.1. The maximum atomic E-state index is 12.5. The highest BCUT2D eigenvalue weighted by molar-refractivity contribution is 6.35. The van der Waals surface area contributed by atoms with Crippen LogP contribution in [0, 0.1) is 0 Å². The van der Waals surface area contributed by atoms with Crippen LogP contribution in [0.4, 0.5) is 5.69 Å². The fourth-order valence-corrected chi connectivity index (χ4v) is 3.00. The first kappa shape index (κ1) is 23.5. The van der Waals surface area contributed by atoms with Crippen LogP contribution in [0.2, 0.25) is 10.0 Å². The van der Waals surface area contributed by atoms with Gasteiger partial charge in [0.2, 0.25) is 11.8 Å². The Morgan fingerprint density at radius 1 is 1.10 bits per heavy atom. The van der Waals surface area contributed by atoms with Gasteiger partial charge in [-0.3, -0.25) is 14.4 Å². The van der Waals surface area contributed by atoms with Crippen LogP contribution in [-0.2, 0) is 20.8 Å². The number of anilines is 1. The Morgan fingerprint density at radius 2 is 1.80 bits per heavy atom. The van der Waals surface area contributed by atoms with Crippen LogP contribution in [0.25, 0.3) is 0 Å². The largest absolute Gasteiger partial charge is 0.484 e. The number of hydrogen-bond donors (Lipinski definition) is 2. The van der Waals surface area contributed by atoms with E-state index in [9.17, 15) is 14.4 Å². The Morgan fingerprint density at radius 3 is 2.43 bits per heavy atom. The minimum Gasteiger partial charge on any atom is -0.484 e. The quantitative estimate of drug-likeness (QED) is 0.578. The summed E-state index contributed by atoms with van der Waals surface area (Å²) in [6, 6.07) is 11.5. The van der Waals surface area contributed by atoms with Crippen molar-refractivity contribution in [3.05, 3.63) is 58.1 Å². The molecule has 2 aromatic rings. The van der Waals surface area contributed by atoms with Crippen molar-refractivity contribution in [2.45, 2.75) is 19.8 Å². The molecule has 0 aliphatic heterocycles. The fourth-order valence-electron chi connectivity index (χ4n) is 2.66. The van der Waals surface area contributed by atoms with Crippen LogP contribution < -0.4 is 15.8 Å². The first-order valence-electron chi connectivity index (χ1n) is 9.31. The van der Waals surface area contributed by atoms with Gasteiger partial charge in [-0.25, -0.2) is 0 Å². The number of rotatable bonds is 10. The molecule has 0 bridgehead atoms. The molecule has 0 aromatic heterocycles. The number of carbonyl (C=O) groups is 3. The van der Waals surface area contributed by atoms with E-state index in [-0.39, 0.29) is 25.5 Å². The number of ether oxygens (including phenoxy) is 1. The lowest BCUT2D eigenvalue weighted by atomic mass is 10.1. The van der Waals surface area contributed by atoms with E-state index in [1.54, 1.807) is 42.5 Å². The Balaban J connectivity index is 1.92. The predicted molar refractivity (Wildman–Crippen MR) is 117 cm³/mol. The summed E-state index contributed by atoms with van der Waals surface area (Å²) in [5, 5.41) is 3.45. The summed E-state index contributed by atoms with van der Waals surface area (Å²) in [4.78, 5) is 37.3. The highest BCUT2D eigenvalue weighted by atomic mass is 35.5. The van der Waals surface area contributed by atoms with Gasteiger partial charge >= 0.3 is 0 Å². The maximum Gasteiger partial charge on any atom is 0.260 e. The van der Waals surface area contributed by atoms with E-state index in [0.717, 1.165) is 5.56 Å². The molecule has 0 aliphatic carbocycles. The topological polar surface area (TPSA) is 102 Å². The number of halogens is 2. The minimum atomic E-state index is -0.425. The number of nitrogens with two attached hydrogens (primary N) is 1. The van der Waals surface area contributed by atoms with Gasteiger partial charge in [-0.1, -0.05) is 42.3 Å². The van der Waals surface area contributed by atoms with Crippen LogP contribution in [0.15, 0.2) is 42.5 Å². The molecule has 9 heteroatoms. The van der Waals surface area contributed by atoms with Gasteiger partial charge in [0.05, 0.1) is 23.7 Å². The first-order valence-corrected chi connectivity index (χ1v) is 10.1. The SMILES string of the molecule is CCCN(CC(=O)Nc1cc(Cl)ccc1Cl)C(=O)COc1ccc(CC(N)=O)cc1. The van der Waals surface area contributed by atoms with Crippen LogP contribution in [0.5, 0.6) is 5.75 Å². The monoisotopic (exact) mass is 451 g/mol. The third kappa shape index (κ3) is 7.57. The van der Waals surface area contributed by atoms with Gasteiger partial charge in [0.15, 0.2) is 6.61 Å². The zero-order valence-electron chi connectivity index (χ0n) is 16.5. The summed E-state index contributed by atoms with van der Waals surface area (Å²) >= 11 is 12.0. The fraction of sp³-hybridized carbons (Fsp3) is 0.286. The van der Waals surface area contributed by atoms with Crippen molar-refractivity contribution >= 4 is 46.6 Å². The van der Waals surface area contributed by atoms with Gasteiger partial charge in [-0.05, 0) is 42.3 Å². The summed E-state index contributed by atoms with van der Waals surface area (Å²) in [5.41, 5.74) is 6.29. The van der Waals surface area contributed by atoms with Crippen LogP contribution in [0.1, 0.15) is 18.9 Å². The van der Waals surface area contributed by atoms with Gasteiger partial charge in [0.25, 0.3) is 5.91 Å². The molecule has 0 heterocycles. The highest BCUT2D eigenvalue weighted by Crippen LogP contribution is 2.25. The molecule has 160 valence electrons. The van der Waals surface area contributed by atoms with Crippen LogP contribution in [-0.4, -0.2) is 42.3 Å². The number of amides is 3. The molecule has 3 N–H and O–H groups in total. The van der Waals surface area contributed by atoms with Crippen molar-refractivity contribution in [3.63, 3.8) is 0 Å². The molecular formula is C21H23Cl2N3O4. The second kappa shape index (κ2) is 11.4.